The van der Waals surface area contributed by atoms with Crippen molar-refractivity contribution in [2.75, 3.05) is 26.8 Å². The maximum atomic E-state index is 12.3. The average Bonchev–Trinajstić information content (AvgIpc) is 2.64. The second kappa shape index (κ2) is 7.79. The number of carbonyl (C=O) groups is 2. The minimum atomic E-state index is -0.906. The van der Waals surface area contributed by atoms with Gasteiger partial charge in [-0.25, -0.2) is 9.59 Å². The number of hydrogen-bond acceptors (Lipinski definition) is 7. The Labute approximate surface area is 155 Å². The molecule has 2 heterocycles. The third kappa shape index (κ3) is 4.11. The molecule has 0 N–H and O–H groups in total. The molecule has 1 aromatic heterocycles. The van der Waals surface area contributed by atoms with Crippen LogP contribution in [0, 0.1) is 0 Å². The summed E-state index contributed by atoms with van der Waals surface area (Å²) < 4.78 is 20.9. The smallest absolute Gasteiger partial charge is 0.351 e. The summed E-state index contributed by atoms with van der Waals surface area (Å²) in [7, 11) is 1.45. The molecule has 1 fully saturated rings. The standard InChI is InChI=1S/C19H21NO7/c1-11-8-20(9-12(2)26-11)16(21)10-25-18(22)14-7-13-5-4-6-15(24-3)17(13)27-19(14)23/h4-7,11-12H,8-10H2,1-3H3/t11-,12-/m1/s1. The molecular weight excluding hydrogens is 354 g/mol. The van der Waals surface area contributed by atoms with Gasteiger partial charge >= 0.3 is 11.6 Å². The third-order valence-electron chi connectivity index (χ3n) is 4.26. The lowest BCUT2D eigenvalue weighted by atomic mass is 10.2. The van der Waals surface area contributed by atoms with Gasteiger partial charge < -0.3 is 23.5 Å². The Hall–Kier alpha value is -2.87. The van der Waals surface area contributed by atoms with Crippen LogP contribution in [0.15, 0.2) is 33.5 Å². The lowest BCUT2D eigenvalue weighted by Gasteiger charge is -2.35. The van der Waals surface area contributed by atoms with Gasteiger partial charge in [0.25, 0.3) is 5.91 Å². The van der Waals surface area contributed by atoms with Crippen molar-refractivity contribution in [3.8, 4) is 5.75 Å². The van der Waals surface area contributed by atoms with Crippen LogP contribution >= 0.6 is 0 Å². The van der Waals surface area contributed by atoms with E-state index in [1.165, 1.54) is 13.2 Å². The fourth-order valence-corrected chi connectivity index (χ4v) is 3.10. The highest BCUT2D eigenvalue weighted by Gasteiger charge is 2.27. The Balaban J connectivity index is 1.72. The minimum Gasteiger partial charge on any atom is -0.493 e. The zero-order chi connectivity index (χ0) is 19.6. The number of amides is 1. The fraction of sp³-hybridized carbons (Fsp3) is 0.421. The molecule has 144 valence electrons. The van der Waals surface area contributed by atoms with Crippen LogP contribution in [-0.4, -0.2) is 55.8 Å². The van der Waals surface area contributed by atoms with Gasteiger partial charge in [-0.15, -0.1) is 0 Å². The molecule has 0 unspecified atom stereocenters. The summed E-state index contributed by atoms with van der Waals surface area (Å²) in [6.07, 6.45) is -0.174. The van der Waals surface area contributed by atoms with Crippen molar-refractivity contribution in [2.24, 2.45) is 0 Å². The fourth-order valence-electron chi connectivity index (χ4n) is 3.10. The molecule has 8 heteroatoms. The van der Waals surface area contributed by atoms with Crippen molar-refractivity contribution in [1.29, 1.82) is 0 Å². The first kappa shape index (κ1) is 18.9. The summed E-state index contributed by atoms with van der Waals surface area (Å²) in [4.78, 5) is 38.3. The van der Waals surface area contributed by atoms with Gasteiger partial charge in [-0.3, -0.25) is 4.79 Å². The maximum absolute atomic E-state index is 12.3. The topological polar surface area (TPSA) is 95.3 Å². The van der Waals surface area contributed by atoms with Crippen molar-refractivity contribution >= 4 is 22.8 Å². The molecule has 0 spiro atoms. The number of carbonyl (C=O) groups excluding carboxylic acids is 2. The molecule has 27 heavy (non-hydrogen) atoms. The van der Waals surface area contributed by atoms with Gasteiger partial charge in [0.05, 0.1) is 19.3 Å². The van der Waals surface area contributed by atoms with E-state index in [0.717, 1.165) is 0 Å². The van der Waals surface area contributed by atoms with E-state index in [9.17, 15) is 14.4 Å². The number of morpholine rings is 1. The number of para-hydroxylation sites is 1. The summed E-state index contributed by atoms with van der Waals surface area (Å²) in [6, 6.07) is 6.40. The first-order valence-corrected chi connectivity index (χ1v) is 8.60. The Bertz CT molecular complexity index is 910. The van der Waals surface area contributed by atoms with Crippen LogP contribution in [0.3, 0.4) is 0 Å². The molecule has 0 saturated carbocycles. The number of nitrogens with zero attached hydrogens (tertiary/aromatic N) is 1. The molecule has 1 aliphatic heterocycles. The van der Waals surface area contributed by atoms with Crippen LogP contribution in [0.4, 0.5) is 0 Å². The molecule has 1 amide bonds. The van der Waals surface area contributed by atoms with Crippen LogP contribution in [0.2, 0.25) is 0 Å². The first-order chi connectivity index (χ1) is 12.9. The Morgan fingerprint density at radius 3 is 2.59 bits per heavy atom. The van der Waals surface area contributed by atoms with E-state index in [-0.39, 0.29) is 29.3 Å². The lowest BCUT2D eigenvalue weighted by molar-refractivity contribution is -0.146. The molecule has 0 bridgehead atoms. The van der Waals surface area contributed by atoms with Crippen LogP contribution in [0.25, 0.3) is 11.0 Å². The van der Waals surface area contributed by atoms with Gasteiger partial charge in [0.15, 0.2) is 17.9 Å². The number of fused-ring (bicyclic) bond motifs is 1. The molecular formula is C19H21NO7. The van der Waals surface area contributed by atoms with E-state index in [1.807, 2.05) is 13.8 Å². The molecule has 1 aromatic carbocycles. The predicted octanol–water partition coefficient (Wildman–Crippen LogP) is 1.59. The zero-order valence-corrected chi connectivity index (χ0v) is 15.4. The Kier molecular flexibility index (Phi) is 5.46. The van der Waals surface area contributed by atoms with E-state index in [0.29, 0.717) is 24.2 Å². The van der Waals surface area contributed by atoms with Crippen molar-refractivity contribution in [3.05, 3.63) is 40.2 Å². The zero-order valence-electron chi connectivity index (χ0n) is 15.4. The highest BCUT2D eigenvalue weighted by Crippen LogP contribution is 2.24. The molecule has 2 aromatic rings. The van der Waals surface area contributed by atoms with Gasteiger partial charge in [0, 0.05) is 18.5 Å². The Morgan fingerprint density at radius 1 is 1.22 bits per heavy atom. The van der Waals surface area contributed by atoms with Gasteiger partial charge in [0.1, 0.15) is 5.56 Å². The highest BCUT2D eigenvalue weighted by atomic mass is 16.5. The van der Waals surface area contributed by atoms with Crippen LogP contribution < -0.4 is 10.4 Å². The number of ether oxygens (including phenoxy) is 3. The van der Waals surface area contributed by atoms with Crippen molar-refractivity contribution in [3.63, 3.8) is 0 Å². The number of benzene rings is 1. The predicted molar refractivity (Wildman–Crippen MR) is 95.9 cm³/mol. The van der Waals surface area contributed by atoms with E-state index >= 15 is 0 Å². The van der Waals surface area contributed by atoms with Gasteiger partial charge in [-0.2, -0.15) is 0 Å². The highest BCUT2D eigenvalue weighted by molar-refractivity contribution is 5.95. The largest absolute Gasteiger partial charge is 0.493 e. The lowest BCUT2D eigenvalue weighted by Crippen LogP contribution is -2.49. The van der Waals surface area contributed by atoms with Gasteiger partial charge in [-0.1, -0.05) is 12.1 Å². The summed E-state index contributed by atoms with van der Waals surface area (Å²) in [5.74, 6) is -0.858. The van der Waals surface area contributed by atoms with E-state index < -0.39 is 18.2 Å². The summed E-state index contributed by atoms with van der Waals surface area (Å²) in [5.41, 5.74) is -0.876. The monoisotopic (exact) mass is 375 g/mol. The minimum absolute atomic E-state index is 0.0871. The molecule has 0 aliphatic carbocycles. The quantitative estimate of drug-likeness (QED) is 0.591. The SMILES string of the molecule is COc1cccc2cc(C(=O)OCC(=O)N3C[C@@H](C)O[C@H](C)C3)c(=O)oc12. The first-order valence-electron chi connectivity index (χ1n) is 8.60. The molecule has 0 radical (unpaired) electrons. The van der Waals surface area contributed by atoms with E-state index in [1.54, 1.807) is 23.1 Å². The number of esters is 1. The van der Waals surface area contributed by atoms with E-state index in [2.05, 4.69) is 0 Å². The molecule has 3 rings (SSSR count). The molecule has 8 nitrogen and oxygen atoms in total. The summed E-state index contributed by atoms with van der Waals surface area (Å²) in [6.45, 7) is 4.15. The number of hydrogen-bond donors (Lipinski definition) is 0. The van der Waals surface area contributed by atoms with Gasteiger partial charge in [-0.05, 0) is 26.0 Å². The van der Waals surface area contributed by atoms with Crippen molar-refractivity contribution in [1.82, 2.24) is 4.90 Å². The second-order valence-electron chi connectivity index (χ2n) is 6.46. The molecule has 1 saturated heterocycles. The second-order valence-corrected chi connectivity index (χ2v) is 6.46. The maximum Gasteiger partial charge on any atom is 0.351 e. The summed E-state index contributed by atoms with van der Waals surface area (Å²) >= 11 is 0. The van der Waals surface area contributed by atoms with Gasteiger partial charge in [0.2, 0.25) is 0 Å². The van der Waals surface area contributed by atoms with Crippen molar-refractivity contribution < 1.29 is 28.2 Å². The average molecular weight is 375 g/mol. The molecule has 2 atom stereocenters. The third-order valence-corrected chi connectivity index (χ3v) is 4.26. The molecule has 1 aliphatic rings. The van der Waals surface area contributed by atoms with Crippen LogP contribution in [-0.2, 0) is 14.3 Å². The van der Waals surface area contributed by atoms with Crippen LogP contribution in [0.5, 0.6) is 5.75 Å². The Morgan fingerprint density at radius 2 is 1.93 bits per heavy atom. The van der Waals surface area contributed by atoms with E-state index in [4.69, 9.17) is 18.6 Å². The van der Waals surface area contributed by atoms with Crippen LogP contribution in [0.1, 0.15) is 24.2 Å². The normalized spacial score (nSPS) is 19.7. The summed E-state index contributed by atoms with van der Waals surface area (Å²) in [5, 5.41) is 0.517. The van der Waals surface area contributed by atoms with Crippen molar-refractivity contribution in [2.45, 2.75) is 26.1 Å². The number of methoxy groups -OCH3 is 1. The number of rotatable bonds is 4.